The molecule has 0 aromatic heterocycles. The van der Waals surface area contributed by atoms with Crippen molar-refractivity contribution in [2.24, 2.45) is 0 Å². The minimum absolute atomic E-state index is 0.150. The maximum absolute atomic E-state index is 12.4. The van der Waals surface area contributed by atoms with Gasteiger partial charge >= 0.3 is 0 Å². The van der Waals surface area contributed by atoms with Gasteiger partial charge in [0.2, 0.25) is 5.91 Å². The summed E-state index contributed by atoms with van der Waals surface area (Å²) in [6.45, 7) is 5.21. The smallest absolute Gasteiger partial charge is 0.217 e. The van der Waals surface area contributed by atoms with Crippen molar-refractivity contribution >= 4 is 17.7 Å². The molecule has 1 saturated heterocycles. The third-order valence-corrected chi connectivity index (χ3v) is 7.36. The summed E-state index contributed by atoms with van der Waals surface area (Å²) >= 11 is 1.68. The molecule has 0 bridgehead atoms. The van der Waals surface area contributed by atoms with Crippen molar-refractivity contribution in [2.75, 3.05) is 12.4 Å². The molecule has 202 valence electrons. The summed E-state index contributed by atoms with van der Waals surface area (Å²) in [5.74, 6) is 0.701. The highest BCUT2D eigenvalue weighted by Crippen LogP contribution is 2.33. The molecular weight excluding hydrogens is 498 g/mol. The van der Waals surface area contributed by atoms with Crippen LogP contribution in [-0.4, -0.2) is 48.1 Å². The van der Waals surface area contributed by atoms with Gasteiger partial charge in [0.15, 0.2) is 0 Å². The molecule has 6 nitrogen and oxygen atoms in total. The van der Waals surface area contributed by atoms with E-state index in [2.05, 4.69) is 12.2 Å². The van der Waals surface area contributed by atoms with Crippen LogP contribution in [0.2, 0.25) is 0 Å². The van der Waals surface area contributed by atoms with Crippen LogP contribution in [0.25, 0.3) is 0 Å². The van der Waals surface area contributed by atoms with Crippen LogP contribution in [0.5, 0.6) is 0 Å². The van der Waals surface area contributed by atoms with Crippen molar-refractivity contribution in [2.45, 2.75) is 63.5 Å². The summed E-state index contributed by atoms with van der Waals surface area (Å²) in [4.78, 5) is 12.4. The second-order valence-electron chi connectivity index (χ2n) is 9.25. The normalized spacial score (nSPS) is 23.2. The fourth-order valence-corrected chi connectivity index (χ4v) is 5.50. The third-order valence-electron chi connectivity index (χ3n) is 6.32. The summed E-state index contributed by atoms with van der Waals surface area (Å²) in [5.41, 5.74) is 2.93. The summed E-state index contributed by atoms with van der Waals surface area (Å²) < 4.78 is 25.7. The molecule has 1 N–H and O–H groups in total. The maximum atomic E-state index is 12.4. The Morgan fingerprint density at radius 1 is 0.789 bits per heavy atom. The quantitative estimate of drug-likeness (QED) is 0.318. The number of carbonyl (C=O) groups excluding carboxylic acids is 1. The monoisotopic (exact) mass is 535 g/mol. The lowest BCUT2D eigenvalue weighted by Crippen LogP contribution is -2.65. The van der Waals surface area contributed by atoms with Gasteiger partial charge in [-0.25, -0.2) is 0 Å². The average molecular weight is 536 g/mol. The van der Waals surface area contributed by atoms with Gasteiger partial charge in [-0.05, 0) is 22.4 Å². The van der Waals surface area contributed by atoms with E-state index in [0.29, 0.717) is 26.4 Å². The molecule has 5 atom stereocenters. The van der Waals surface area contributed by atoms with Gasteiger partial charge in [0, 0.05) is 6.92 Å². The first-order valence-corrected chi connectivity index (χ1v) is 14.2. The molecule has 4 rings (SSSR count). The third kappa shape index (κ3) is 8.41. The van der Waals surface area contributed by atoms with Gasteiger partial charge in [0.25, 0.3) is 0 Å². The van der Waals surface area contributed by atoms with Crippen molar-refractivity contribution < 1.29 is 23.7 Å². The highest BCUT2D eigenvalue weighted by atomic mass is 32.2. The number of rotatable bonds is 13. The zero-order valence-corrected chi connectivity index (χ0v) is 22.8. The van der Waals surface area contributed by atoms with Crippen molar-refractivity contribution in [3.8, 4) is 0 Å². The number of nitrogens with one attached hydrogen (secondary N) is 1. The lowest BCUT2D eigenvalue weighted by Gasteiger charge is -2.46. The number of thioether (sulfide) groups is 1. The van der Waals surface area contributed by atoms with Crippen molar-refractivity contribution in [1.82, 2.24) is 5.32 Å². The molecule has 1 heterocycles. The zero-order chi connectivity index (χ0) is 26.6. The predicted molar refractivity (Wildman–Crippen MR) is 151 cm³/mol. The molecule has 0 saturated carbocycles. The Bertz CT molecular complexity index is 1090. The number of hydrogen-bond donors (Lipinski definition) is 1. The molecule has 1 fully saturated rings. The number of hydrogen-bond acceptors (Lipinski definition) is 6. The van der Waals surface area contributed by atoms with E-state index in [1.165, 1.54) is 6.92 Å². The van der Waals surface area contributed by atoms with Crippen LogP contribution in [0.15, 0.2) is 91.0 Å². The van der Waals surface area contributed by atoms with Crippen LogP contribution in [0.3, 0.4) is 0 Å². The minimum atomic E-state index is -0.443. The first-order chi connectivity index (χ1) is 18.6. The van der Waals surface area contributed by atoms with E-state index in [9.17, 15) is 4.79 Å². The van der Waals surface area contributed by atoms with Gasteiger partial charge in [-0.15, -0.1) is 11.8 Å². The van der Waals surface area contributed by atoms with Gasteiger partial charge in [-0.1, -0.05) is 97.9 Å². The van der Waals surface area contributed by atoms with Crippen LogP contribution in [-0.2, 0) is 43.6 Å². The highest BCUT2D eigenvalue weighted by molar-refractivity contribution is 7.99. The molecule has 38 heavy (non-hydrogen) atoms. The van der Waals surface area contributed by atoms with Crippen LogP contribution in [0.4, 0.5) is 0 Å². The number of carbonyl (C=O) groups is 1. The molecule has 1 aliphatic heterocycles. The number of ether oxygens (including phenoxy) is 4. The van der Waals surface area contributed by atoms with Gasteiger partial charge in [-0.2, -0.15) is 0 Å². The van der Waals surface area contributed by atoms with Gasteiger partial charge < -0.3 is 24.3 Å². The molecule has 3 aromatic carbocycles. The summed E-state index contributed by atoms with van der Waals surface area (Å²) in [6, 6.07) is 29.7. The molecule has 0 radical (unpaired) electrons. The molecule has 3 aromatic rings. The molecule has 7 heteroatoms. The lowest BCUT2D eigenvalue weighted by molar-refractivity contribution is -0.207. The van der Waals surface area contributed by atoms with Crippen LogP contribution in [0, 0.1) is 0 Å². The van der Waals surface area contributed by atoms with Crippen molar-refractivity contribution in [1.29, 1.82) is 0 Å². The molecule has 0 spiro atoms. The highest BCUT2D eigenvalue weighted by Gasteiger charge is 2.48. The Kier molecular flexibility index (Phi) is 11.2. The number of amides is 1. The van der Waals surface area contributed by atoms with E-state index in [1.54, 1.807) is 11.8 Å². The molecular formula is C31H37NO5S. The SMILES string of the molecule is CCS[C@@H]1O[C@H](COCc2ccccc2)[C@@H](NC(C)=O)[C@H](OCc2ccccc2)[C@H]1OCc1ccccc1. The average Bonchev–Trinajstić information content (AvgIpc) is 2.94. The van der Waals surface area contributed by atoms with E-state index in [0.717, 1.165) is 22.4 Å². The fourth-order valence-electron chi connectivity index (χ4n) is 4.53. The van der Waals surface area contributed by atoms with Crippen LogP contribution in [0.1, 0.15) is 30.5 Å². The second kappa shape index (κ2) is 15.0. The standard InChI is InChI=1S/C31H37NO5S/c1-3-38-31-30(36-21-26-17-11-6-12-18-26)29(35-20-25-15-9-5-10-16-25)28(32-23(2)33)27(37-31)22-34-19-24-13-7-4-8-14-24/h4-18,27-31H,3,19-22H2,1-2H3,(H,32,33)/t27-,28-,29+,30-,31+/m1/s1. The predicted octanol–water partition coefficient (Wildman–Crippen LogP) is 5.36. The lowest BCUT2D eigenvalue weighted by atomic mass is 9.96. The maximum Gasteiger partial charge on any atom is 0.217 e. The first-order valence-electron chi connectivity index (χ1n) is 13.1. The Morgan fingerprint density at radius 3 is 1.79 bits per heavy atom. The molecule has 1 aliphatic rings. The summed E-state index contributed by atoms with van der Waals surface area (Å²) in [5, 5.41) is 3.10. The largest absolute Gasteiger partial charge is 0.374 e. The van der Waals surface area contributed by atoms with E-state index in [4.69, 9.17) is 18.9 Å². The molecule has 0 unspecified atom stereocenters. The second-order valence-corrected chi connectivity index (χ2v) is 10.6. The van der Waals surface area contributed by atoms with Gasteiger partial charge in [0.05, 0.1) is 32.5 Å². The summed E-state index contributed by atoms with van der Waals surface area (Å²) in [6.07, 6.45) is -1.24. The van der Waals surface area contributed by atoms with E-state index < -0.39 is 24.4 Å². The molecule has 1 amide bonds. The Hall–Kier alpha value is -2.68. The Balaban J connectivity index is 1.56. The fraction of sp³-hybridized carbons (Fsp3) is 0.387. The van der Waals surface area contributed by atoms with Crippen molar-refractivity contribution in [3.05, 3.63) is 108 Å². The first kappa shape index (κ1) is 28.3. The van der Waals surface area contributed by atoms with E-state index in [1.807, 2.05) is 91.0 Å². The number of benzene rings is 3. The van der Waals surface area contributed by atoms with E-state index >= 15 is 0 Å². The zero-order valence-electron chi connectivity index (χ0n) is 22.0. The Morgan fingerprint density at radius 2 is 1.29 bits per heavy atom. The molecule has 0 aliphatic carbocycles. The van der Waals surface area contributed by atoms with Crippen molar-refractivity contribution in [3.63, 3.8) is 0 Å². The van der Waals surface area contributed by atoms with Gasteiger partial charge in [0.1, 0.15) is 23.7 Å². The summed E-state index contributed by atoms with van der Waals surface area (Å²) in [7, 11) is 0. The topological polar surface area (TPSA) is 66.0 Å². The Labute approximate surface area is 230 Å². The minimum Gasteiger partial charge on any atom is -0.374 e. The van der Waals surface area contributed by atoms with Gasteiger partial charge in [-0.3, -0.25) is 4.79 Å². The van der Waals surface area contributed by atoms with E-state index in [-0.39, 0.29) is 11.3 Å². The van der Waals surface area contributed by atoms with Crippen LogP contribution < -0.4 is 5.32 Å². The van der Waals surface area contributed by atoms with Crippen LogP contribution >= 0.6 is 11.8 Å².